The number of fused-ring (bicyclic) bond motifs is 2. The maximum absolute atomic E-state index is 12.1. The van der Waals surface area contributed by atoms with Crippen LogP contribution in [0, 0.1) is 0 Å². The first-order valence-electron chi connectivity index (χ1n) is 5.21. The minimum Gasteiger partial charge on any atom is -0.272 e. The van der Waals surface area contributed by atoms with Crippen LogP contribution in [0.4, 0.5) is 5.69 Å². The summed E-state index contributed by atoms with van der Waals surface area (Å²) in [5, 5.41) is 0. The number of amides is 1. The summed E-state index contributed by atoms with van der Waals surface area (Å²) in [6.07, 6.45) is 5.69. The topological polar surface area (TPSA) is 33.2 Å². The molecule has 78 valence electrons. The van der Waals surface area contributed by atoms with Crippen LogP contribution in [0.3, 0.4) is 0 Å². The van der Waals surface area contributed by atoms with Gasteiger partial charge < -0.3 is 0 Å². The zero-order chi connectivity index (χ0) is 10.5. The van der Waals surface area contributed by atoms with Crippen molar-refractivity contribution in [3.8, 4) is 0 Å². The summed E-state index contributed by atoms with van der Waals surface area (Å²) >= 11 is 6.01. The van der Waals surface area contributed by atoms with E-state index >= 15 is 0 Å². The smallest absolute Gasteiger partial charge is 0.254 e. The lowest BCUT2D eigenvalue weighted by Gasteiger charge is -2.19. The molecule has 0 atom stereocenters. The van der Waals surface area contributed by atoms with E-state index in [0.29, 0.717) is 0 Å². The third kappa shape index (κ3) is 1.01. The number of halogens is 1. The standard InChI is InChI=1S/C11H11ClN2O/c12-14-8-4-3-7-13-9(8)11(10(14)15)5-1-2-6-11/h3-4,7H,1-2,5-6H2. The van der Waals surface area contributed by atoms with Gasteiger partial charge in [0.25, 0.3) is 5.91 Å². The highest BCUT2D eigenvalue weighted by Gasteiger charge is 2.53. The van der Waals surface area contributed by atoms with Gasteiger partial charge in [-0.15, -0.1) is 0 Å². The van der Waals surface area contributed by atoms with E-state index in [2.05, 4.69) is 4.98 Å². The summed E-state index contributed by atoms with van der Waals surface area (Å²) in [6, 6.07) is 3.68. The van der Waals surface area contributed by atoms with E-state index in [9.17, 15) is 4.79 Å². The second-order valence-electron chi connectivity index (χ2n) is 4.25. The molecule has 0 saturated heterocycles. The molecule has 1 fully saturated rings. The first-order chi connectivity index (χ1) is 7.26. The predicted molar refractivity (Wildman–Crippen MR) is 57.7 cm³/mol. The fraction of sp³-hybridized carbons (Fsp3) is 0.455. The molecule has 0 bridgehead atoms. The molecule has 1 amide bonds. The predicted octanol–water partition coefficient (Wildman–Crippen LogP) is 2.39. The van der Waals surface area contributed by atoms with Crippen molar-refractivity contribution in [2.24, 2.45) is 0 Å². The number of hydrogen-bond donors (Lipinski definition) is 0. The minimum atomic E-state index is -0.404. The summed E-state index contributed by atoms with van der Waals surface area (Å²) < 4.78 is 1.24. The quantitative estimate of drug-likeness (QED) is 0.632. The monoisotopic (exact) mass is 222 g/mol. The molecule has 1 aliphatic heterocycles. The van der Waals surface area contributed by atoms with Gasteiger partial charge in [0.15, 0.2) is 0 Å². The molecule has 0 unspecified atom stereocenters. The van der Waals surface area contributed by atoms with Crippen LogP contribution in [-0.2, 0) is 10.2 Å². The van der Waals surface area contributed by atoms with Crippen molar-refractivity contribution in [1.29, 1.82) is 0 Å². The lowest BCUT2D eigenvalue weighted by molar-refractivity contribution is -0.122. The van der Waals surface area contributed by atoms with Gasteiger partial charge in [0.05, 0.1) is 16.8 Å². The van der Waals surface area contributed by atoms with Gasteiger partial charge in [0, 0.05) is 18.0 Å². The number of pyridine rings is 1. The van der Waals surface area contributed by atoms with Gasteiger partial charge >= 0.3 is 0 Å². The molecular formula is C11H11ClN2O. The van der Waals surface area contributed by atoms with Crippen LogP contribution < -0.4 is 4.42 Å². The van der Waals surface area contributed by atoms with Crippen molar-refractivity contribution in [2.75, 3.05) is 4.42 Å². The average molecular weight is 223 g/mol. The summed E-state index contributed by atoms with van der Waals surface area (Å²) in [4.78, 5) is 16.5. The van der Waals surface area contributed by atoms with E-state index in [1.165, 1.54) is 4.42 Å². The highest BCUT2D eigenvalue weighted by atomic mass is 35.5. The number of anilines is 1. The van der Waals surface area contributed by atoms with Gasteiger partial charge in [-0.3, -0.25) is 9.78 Å². The van der Waals surface area contributed by atoms with Crippen molar-refractivity contribution in [2.45, 2.75) is 31.1 Å². The molecule has 0 aromatic carbocycles. The zero-order valence-electron chi connectivity index (χ0n) is 8.24. The van der Waals surface area contributed by atoms with Crippen molar-refractivity contribution in [3.63, 3.8) is 0 Å². The molecule has 1 aromatic rings. The number of rotatable bonds is 0. The Hall–Kier alpha value is -1.09. The first-order valence-corrected chi connectivity index (χ1v) is 5.55. The minimum absolute atomic E-state index is 0.00960. The van der Waals surface area contributed by atoms with E-state index < -0.39 is 5.41 Å². The van der Waals surface area contributed by atoms with Crippen LogP contribution >= 0.6 is 11.8 Å². The third-order valence-corrected chi connectivity index (χ3v) is 3.83. The molecule has 1 spiro atoms. The normalized spacial score (nSPS) is 22.5. The molecule has 1 aromatic heterocycles. The fourth-order valence-electron chi connectivity index (χ4n) is 2.75. The number of carbonyl (C=O) groups is 1. The second-order valence-corrected chi connectivity index (χ2v) is 4.58. The van der Waals surface area contributed by atoms with Crippen LogP contribution in [-0.4, -0.2) is 10.9 Å². The Labute approximate surface area is 93.2 Å². The zero-order valence-corrected chi connectivity index (χ0v) is 9.00. The van der Waals surface area contributed by atoms with E-state index in [-0.39, 0.29) is 5.91 Å². The molecule has 1 aliphatic carbocycles. The van der Waals surface area contributed by atoms with E-state index in [1.807, 2.05) is 12.1 Å². The summed E-state index contributed by atoms with van der Waals surface area (Å²) in [7, 11) is 0. The largest absolute Gasteiger partial charge is 0.272 e. The van der Waals surface area contributed by atoms with Crippen molar-refractivity contribution >= 4 is 23.4 Å². The van der Waals surface area contributed by atoms with Gasteiger partial charge in [0.1, 0.15) is 0 Å². The van der Waals surface area contributed by atoms with Crippen LogP contribution in [0.2, 0.25) is 0 Å². The van der Waals surface area contributed by atoms with Crippen LogP contribution in [0.25, 0.3) is 0 Å². The van der Waals surface area contributed by atoms with Gasteiger partial charge in [-0.25, -0.2) is 4.42 Å². The van der Waals surface area contributed by atoms with Crippen molar-refractivity contribution in [3.05, 3.63) is 24.0 Å². The maximum atomic E-state index is 12.1. The Balaban J connectivity index is 2.22. The highest BCUT2D eigenvalue weighted by molar-refractivity contribution is 6.40. The Morgan fingerprint density at radius 3 is 2.87 bits per heavy atom. The van der Waals surface area contributed by atoms with E-state index in [0.717, 1.165) is 37.1 Å². The number of nitrogens with zero attached hydrogens (tertiary/aromatic N) is 2. The van der Waals surface area contributed by atoms with Gasteiger partial charge in [-0.2, -0.15) is 0 Å². The van der Waals surface area contributed by atoms with Crippen LogP contribution in [0.15, 0.2) is 18.3 Å². The summed E-state index contributed by atoms with van der Waals surface area (Å²) in [5.41, 5.74) is 1.24. The maximum Gasteiger partial charge on any atom is 0.254 e. The lowest BCUT2D eigenvalue weighted by atomic mass is 9.83. The Morgan fingerprint density at radius 1 is 1.40 bits per heavy atom. The summed E-state index contributed by atoms with van der Waals surface area (Å²) in [5.74, 6) is 0.00960. The van der Waals surface area contributed by atoms with Gasteiger partial charge in [0.2, 0.25) is 0 Å². The van der Waals surface area contributed by atoms with Crippen LogP contribution in [0.1, 0.15) is 31.4 Å². The summed E-state index contributed by atoms with van der Waals surface area (Å²) in [6.45, 7) is 0. The molecule has 0 N–H and O–H groups in total. The Bertz CT molecular complexity index is 426. The molecule has 3 rings (SSSR count). The average Bonchev–Trinajstić information content (AvgIpc) is 2.83. The van der Waals surface area contributed by atoms with Crippen molar-refractivity contribution < 1.29 is 4.79 Å². The Kier molecular flexibility index (Phi) is 1.80. The molecule has 1 saturated carbocycles. The SMILES string of the molecule is O=C1N(Cl)c2cccnc2C12CCCC2. The van der Waals surface area contributed by atoms with E-state index in [1.54, 1.807) is 6.20 Å². The number of hydrogen-bond acceptors (Lipinski definition) is 2. The Morgan fingerprint density at radius 2 is 2.13 bits per heavy atom. The highest BCUT2D eigenvalue weighted by Crippen LogP contribution is 2.50. The van der Waals surface area contributed by atoms with Crippen LogP contribution in [0.5, 0.6) is 0 Å². The van der Waals surface area contributed by atoms with Crippen molar-refractivity contribution in [1.82, 2.24) is 4.98 Å². The van der Waals surface area contributed by atoms with E-state index in [4.69, 9.17) is 11.8 Å². The van der Waals surface area contributed by atoms with Gasteiger partial charge in [-0.05, 0) is 25.0 Å². The molecule has 3 nitrogen and oxygen atoms in total. The molecule has 2 heterocycles. The second kappa shape index (κ2) is 2.95. The number of carbonyl (C=O) groups excluding carboxylic acids is 1. The molecule has 4 heteroatoms. The lowest BCUT2D eigenvalue weighted by Crippen LogP contribution is -2.34. The first kappa shape index (κ1) is 9.16. The molecule has 15 heavy (non-hydrogen) atoms. The molecule has 2 aliphatic rings. The fourth-order valence-corrected chi connectivity index (χ4v) is 3.05. The molecule has 0 radical (unpaired) electrons. The third-order valence-electron chi connectivity index (χ3n) is 3.50. The van der Waals surface area contributed by atoms with Gasteiger partial charge in [-0.1, -0.05) is 12.8 Å². The number of aromatic nitrogens is 1. The molecular weight excluding hydrogens is 212 g/mol.